The van der Waals surface area contributed by atoms with Crippen LogP contribution in [0.2, 0.25) is 0 Å². The lowest BCUT2D eigenvalue weighted by molar-refractivity contribution is -0.121. The summed E-state index contributed by atoms with van der Waals surface area (Å²) in [4.78, 5) is 11.8. The van der Waals surface area contributed by atoms with Crippen molar-refractivity contribution in [3.63, 3.8) is 0 Å². The average molecular weight is 296 g/mol. The van der Waals surface area contributed by atoms with Crippen LogP contribution in [0.25, 0.3) is 0 Å². The summed E-state index contributed by atoms with van der Waals surface area (Å²) in [5.41, 5.74) is 1.59. The lowest BCUT2D eigenvalue weighted by Gasteiger charge is -2.10. The largest absolute Gasteiger partial charge is 0.353 e. The molecule has 0 radical (unpaired) electrons. The third kappa shape index (κ3) is 4.05. The quantitative estimate of drug-likeness (QED) is 0.829. The molecule has 1 aliphatic carbocycles. The van der Waals surface area contributed by atoms with E-state index in [4.69, 9.17) is 0 Å². The van der Waals surface area contributed by atoms with Gasteiger partial charge in [-0.15, -0.1) is 0 Å². The number of sulfonamides is 1. The lowest BCUT2D eigenvalue weighted by Crippen LogP contribution is -2.32. The fraction of sp³-hybridized carbons (Fsp3) is 0.500. The first kappa shape index (κ1) is 15.0. The molecule has 1 saturated carbocycles. The summed E-state index contributed by atoms with van der Waals surface area (Å²) in [5.74, 6) is -0.101. The maximum atomic E-state index is 12.2. The summed E-state index contributed by atoms with van der Waals surface area (Å²) in [6.45, 7) is 3.73. The van der Waals surface area contributed by atoms with Crippen molar-refractivity contribution in [2.45, 2.75) is 44.0 Å². The van der Waals surface area contributed by atoms with Gasteiger partial charge in [0.1, 0.15) is 0 Å². The Kier molecular flexibility index (Phi) is 4.45. The van der Waals surface area contributed by atoms with E-state index < -0.39 is 10.0 Å². The van der Waals surface area contributed by atoms with Crippen LogP contribution < -0.4 is 10.0 Å². The third-order valence-electron chi connectivity index (χ3n) is 3.22. The van der Waals surface area contributed by atoms with Crippen molar-refractivity contribution in [2.75, 3.05) is 6.54 Å². The van der Waals surface area contributed by atoms with Crippen molar-refractivity contribution in [3.05, 3.63) is 29.3 Å². The standard InChI is InChI=1S/C14H20N2O3S/c1-10-3-4-11(2)13(9-10)20(18,19)15-8-7-14(17)16-12-5-6-12/h3-4,9,12,15H,5-8H2,1-2H3,(H,16,17). The van der Waals surface area contributed by atoms with E-state index in [1.54, 1.807) is 19.1 Å². The van der Waals surface area contributed by atoms with E-state index in [9.17, 15) is 13.2 Å². The molecule has 1 aromatic rings. The van der Waals surface area contributed by atoms with Gasteiger partial charge in [0.15, 0.2) is 0 Å². The van der Waals surface area contributed by atoms with Crippen LogP contribution in [0.3, 0.4) is 0 Å². The molecule has 1 amide bonds. The fourth-order valence-electron chi connectivity index (χ4n) is 1.90. The van der Waals surface area contributed by atoms with Crippen LogP contribution in [0.5, 0.6) is 0 Å². The van der Waals surface area contributed by atoms with Crippen molar-refractivity contribution in [1.82, 2.24) is 10.0 Å². The van der Waals surface area contributed by atoms with Gasteiger partial charge in [-0.3, -0.25) is 4.79 Å². The number of benzene rings is 1. The number of hydrogen-bond donors (Lipinski definition) is 2. The van der Waals surface area contributed by atoms with Gasteiger partial charge in [-0.1, -0.05) is 12.1 Å². The summed E-state index contributed by atoms with van der Waals surface area (Å²) in [6, 6.07) is 5.60. The van der Waals surface area contributed by atoms with Crippen molar-refractivity contribution < 1.29 is 13.2 Å². The van der Waals surface area contributed by atoms with Crippen molar-refractivity contribution in [2.24, 2.45) is 0 Å². The van der Waals surface area contributed by atoms with Gasteiger partial charge in [0.25, 0.3) is 0 Å². The van der Waals surface area contributed by atoms with Crippen molar-refractivity contribution >= 4 is 15.9 Å². The highest BCUT2D eigenvalue weighted by atomic mass is 32.2. The summed E-state index contributed by atoms with van der Waals surface area (Å²) in [5, 5.41) is 2.83. The number of carbonyl (C=O) groups excluding carboxylic acids is 1. The molecule has 0 atom stereocenters. The average Bonchev–Trinajstić information content (AvgIpc) is 3.15. The molecule has 2 N–H and O–H groups in total. The Morgan fingerprint density at radius 1 is 1.30 bits per heavy atom. The zero-order valence-corrected chi connectivity index (χ0v) is 12.6. The zero-order valence-electron chi connectivity index (χ0n) is 11.8. The predicted octanol–water partition coefficient (Wildman–Crippen LogP) is 1.25. The van der Waals surface area contributed by atoms with Crippen molar-refractivity contribution in [1.29, 1.82) is 0 Å². The van der Waals surface area contributed by atoms with E-state index in [1.165, 1.54) is 0 Å². The monoisotopic (exact) mass is 296 g/mol. The minimum atomic E-state index is -3.55. The minimum Gasteiger partial charge on any atom is -0.353 e. The van der Waals surface area contributed by atoms with E-state index in [2.05, 4.69) is 10.0 Å². The molecule has 0 bridgehead atoms. The molecule has 0 aromatic heterocycles. The molecule has 110 valence electrons. The Hall–Kier alpha value is -1.40. The van der Waals surface area contributed by atoms with E-state index in [0.717, 1.165) is 18.4 Å². The number of amides is 1. The van der Waals surface area contributed by atoms with Gasteiger partial charge < -0.3 is 5.32 Å². The molecule has 1 aliphatic rings. The first-order chi connectivity index (χ1) is 9.38. The number of carbonyl (C=O) groups is 1. The van der Waals surface area contributed by atoms with E-state index in [1.807, 2.05) is 13.0 Å². The van der Waals surface area contributed by atoms with E-state index >= 15 is 0 Å². The molecule has 1 aromatic carbocycles. The Balaban J connectivity index is 1.93. The number of nitrogens with one attached hydrogen (secondary N) is 2. The highest BCUT2D eigenvalue weighted by Crippen LogP contribution is 2.19. The van der Waals surface area contributed by atoms with E-state index in [0.29, 0.717) is 11.6 Å². The van der Waals surface area contributed by atoms with E-state index in [-0.39, 0.29) is 23.8 Å². The fourth-order valence-corrected chi connectivity index (χ4v) is 3.26. The Morgan fingerprint density at radius 3 is 2.65 bits per heavy atom. The molecule has 20 heavy (non-hydrogen) atoms. The smallest absolute Gasteiger partial charge is 0.240 e. The van der Waals surface area contributed by atoms with Crippen LogP contribution in [0.15, 0.2) is 23.1 Å². The maximum absolute atomic E-state index is 12.2. The minimum absolute atomic E-state index is 0.101. The van der Waals surface area contributed by atoms with Gasteiger partial charge in [0.05, 0.1) is 4.90 Å². The highest BCUT2D eigenvalue weighted by Gasteiger charge is 2.23. The summed E-state index contributed by atoms with van der Waals surface area (Å²) < 4.78 is 26.8. The molecular formula is C14H20N2O3S. The SMILES string of the molecule is Cc1ccc(C)c(S(=O)(=O)NCCC(=O)NC2CC2)c1. The van der Waals surface area contributed by atoms with Gasteiger partial charge in [-0.25, -0.2) is 13.1 Å². The second kappa shape index (κ2) is 5.93. The molecular weight excluding hydrogens is 276 g/mol. The predicted molar refractivity (Wildman–Crippen MR) is 76.9 cm³/mol. The lowest BCUT2D eigenvalue weighted by atomic mass is 10.2. The molecule has 0 saturated heterocycles. The molecule has 0 heterocycles. The van der Waals surface area contributed by atoms with Crippen LogP contribution in [-0.2, 0) is 14.8 Å². The van der Waals surface area contributed by atoms with Crippen molar-refractivity contribution in [3.8, 4) is 0 Å². The second-order valence-electron chi connectivity index (χ2n) is 5.26. The third-order valence-corrected chi connectivity index (χ3v) is 4.82. The first-order valence-corrected chi connectivity index (χ1v) is 8.23. The number of aryl methyl sites for hydroxylation is 2. The first-order valence-electron chi connectivity index (χ1n) is 6.75. The van der Waals surface area contributed by atoms with Gasteiger partial charge in [-0.2, -0.15) is 0 Å². The molecule has 1 fully saturated rings. The molecule has 5 nitrogen and oxygen atoms in total. The molecule has 6 heteroatoms. The molecule has 2 rings (SSSR count). The topological polar surface area (TPSA) is 75.3 Å². The number of hydrogen-bond acceptors (Lipinski definition) is 3. The normalized spacial score (nSPS) is 15.1. The van der Waals surface area contributed by atoms with Crippen LogP contribution in [-0.4, -0.2) is 26.9 Å². The van der Waals surface area contributed by atoms with Gasteiger partial charge in [0.2, 0.25) is 15.9 Å². The summed E-state index contributed by atoms with van der Waals surface area (Å²) in [6.07, 6.45) is 2.22. The summed E-state index contributed by atoms with van der Waals surface area (Å²) in [7, 11) is -3.55. The Morgan fingerprint density at radius 2 is 2.00 bits per heavy atom. The molecule has 0 spiro atoms. The maximum Gasteiger partial charge on any atom is 0.240 e. The zero-order chi connectivity index (χ0) is 14.8. The Bertz CT molecular complexity index is 607. The number of rotatable bonds is 6. The van der Waals surface area contributed by atoms with Crippen LogP contribution in [0.4, 0.5) is 0 Å². The van der Waals surface area contributed by atoms with Gasteiger partial charge in [-0.05, 0) is 43.9 Å². The highest BCUT2D eigenvalue weighted by molar-refractivity contribution is 7.89. The Labute approximate surface area is 119 Å². The summed E-state index contributed by atoms with van der Waals surface area (Å²) >= 11 is 0. The second-order valence-corrected chi connectivity index (χ2v) is 6.99. The molecule has 0 aliphatic heterocycles. The van der Waals surface area contributed by atoms with Crippen LogP contribution >= 0.6 is 0 Å². The van der Waals surface area contributed by atoms with Crippen LogP contribution in [0, 0.1) is 13.8 Å². The van der Waals surface area contributed by atoms with Gasteiger partial charge in [0, 0.05) is 19.0 Å². The van der Waals surface area contributed by atoms with Gasteiger partial charge >= 0.3 is 0 Å². The molecule has 0 unspecified atom stereocenters. The van der Waals surface area contributed by atoms with Crippen LogP contribution in [0.1, 0.15) is 30.4 Å².